The summed E-state index contributed by atoms with van der Waals surface area (Å²) in [5.41, 5.74) is 5.93. The second-order valence-electron chi connectivity index (χ2n) is 11.6. The Morgan fingerprint density at radius 1 is 1.16 bits per heavy atom. The van der Waals surface area contributed by atoms with Crippen molar-refractivity contribution in [2.45, 2.75) is 90.7 Å². The summed E-state index contributed by atoms with van der Waals surface area (Å²) in [6.45, 7) is 10.2. The standard InChI is InChI=1S/C29H35N5O3/c1-18-11-12-32-25(17-34-24-8-6-5-7-20(24)16-33(28(34)36)21-9-10-21)31-23-14-19(13-22(18)26(23)32)15-30-27(35)37-29(2,3)4/h5-8,13-14,18,21H,9-12,15-17H2,1-4H3,(H,30,35). The first-order valence-corrected chi connectivity index (χ1v) is 13.3. The molecule has 1 aromatic heterocycles. The largest absolute Gasteiger partial charge is 0.444 e. The van der Waals surface area contributed by atoms with E-state index in [0.717, 1.165) is 53.9 Å². The number of urea groups is 1. The number of nitrogens with zero attached hydrogens (tertiary/aromatic N) is 4. The average molecular weight is 502 g/mol. The summed E-state index contributed by atoms with van der Waals surface area (Å²) in [6.07, 6.45) is 2.75. The highest BCUT2D eigenvalue weighted by Crippen LogP contribution is 2.39. The molecule has 1 saturated carbocycles. The molecule has 0 spiro atoms. The maximum atomic E-state index is 13.6. The van der Waals surface area contributed by atoms with Gasteiger partial charge in [-0.2, -0.15) is 0 Å². The summed E-state index contributed by atoms with van der Waals surface area (Å²) in [7, 11) is 0. The Balaban J connectivity index is 1.32. The van der Waals surface area contributed by atoms with E-state index in [1.54, 1.807) is 0 Å². The van der Waals surface area contributed by atoms with Crippen LogP contribution in [0.4, 0.5) is 15.3 Å². The van der Waals surface area contributed by atoms with Gasteiger partial charge in [0.1, 0.15) is 11.4 Å². The Kier molecular flexibility index (Phi) is 5.66. The molecular formula is C29H35N5O3. The van der Waals surface area contributed by atoms with Crippen LogP contribution < -0.4 is 10.2 Å². The number of nitrogens with one attached hydrogen (secondary N) is 1. The van der Waals surface area contributed by atoms with Crippen LogP contribution in [0, 0.1) is 0 Å². The normalized spacial score (nSPS) is 19.2. The molecule has 2 aliphatic heterocycles. The van der Waals surface area contributed by atoms with Crippen LogP contribution in [0.3, 0.4) is 0 Å². The number of ether oxygens (including phenoxy) is 1. The second kappa shape index (κ2) is 8.78. The fourth-order valence-electron chi connectivity index (χ4n) is 5.60. The molecule has 3 amide bonds. The van der Waals surface area contributed by atoms with Crippen LogP contribution in [0.25, 0.3) is 11.0 Å². The van der Waals surface area contributed by atoms with Crippen molar-refractivity contribution in [1.82, 2.24) is 19.8 Å². The van der Waals surface area contributed by atoms with E-state index < -0.39 is 11.7 Å². The quantitative estimate of drug-likeness (QED) is 0.488. The monoisotopic (exact) mass is 501 g/mol. The first-order valence-electron chi connectivity index (χ1n) is 13.3. The van der Waals surface area contributed by atoms with Crippen LogP contribution in [0.5, 0.6) is 0 Å². The zero-order valence-electron chi connectivity index (χ0n) is 22.1. The summed E-state index contributed by atoms with van der Waals surface area (Å²) in [5.74, 6) is 1.30. The highest BCUT2D eigenvalue weighted by atomic mass is 16.6. The van der Waals surface area contributed by atoms with Crippen LogP contribution >= 0.6 is 0 Å². The van der Waals surface area contributed by atoms with Crippen molar-refractivity contribution in [1.29, 1.82) is 0 Å². The lowest BCUT2D eigenvalue weighted by atomic mass is 9.92. The summed E-state index contributed by atoms with van der Waals surface area (Å²) in [4.78, 5) is 34.8. The van der Waals surface area contributed by atoms with Crippen LogP contribution in [0.1, 0.15) is 75.4 Å². The summed E-state index contributed by atoms with van der Waals surface area (Å²) < 4.78 is 7.69. The predicted octanol–water partition coefficient (Wildman–Crippen LogP) is 5.67. The predicted molar refractivity (Wildman–Crippen MR) is 142 cm³/mol. The molecule has 0 bridgehead atoms. The van der Waals surface area contributed by atoms with Gasteiger partial charge in [0.25, 0.3) is 0 Å². The molecule has 6 rings (SSSR count). The van der Waals surface area contributed by atoms with E-state index in [9.17, 15) is 9.59 Å². The van der Waals surface area contributed by atoms with E-state index in [1.807, 2.05) is 48.8 Å². The average Bonchev–Trinajstić information content (AvgIpc) is 3.63. The lowest BCUT2D eigenvalue weighted by Gasteiger charge is -2.37. The minimum absolute atomic E-state index is 0.0766. The zero-order valence-corrected chi connectivity index (χ0v) is 22.1. The minimum Gasteiger partial charge on any atom is -0.444 e. The second-order valence-corrected chi connectivity index (χ2v) is 11.6. The molecule has 3 heterocycles. The van der Waals surface area contributed by atoms with E-state index in [2.05, 4.69) is 35.0 Å². The van der Waals surface area contributed by atoms with Crippen molar-refractivity contribution in [3.05, 3.63) is 58.9 Å². The van der Waals surface area contributed by atoms with E-state index in [1.165, 1.54) is 11.1 Å². The Labute approximate surface area is 217 Å². The fourth-order valence-corrected chi connectivity index (χ4v) is 5.60. The van der Waals surface area contributed by atoms with Crippen molar-refractivity contribution in [3.8, 4) is 0 Å². The van der Waals surface area contributed by atoms with Crippen LogP contribution in [0.2, 0.25) is 0 Å². The van der Waals surface area contributed by atoms with Crippen molar-refractivity contribution in [3.63, 3.8) is 0 Å². The van der Waals surface area contributed by atoms with E-state index in [0.29, 0.717) is 31.6 Å². The molecule has 1 N–H and O–H groups in total. The minimum atomic E-state index is -0.540. The van der Waals surface area contributed by atoms with E-state index >= 15 is 0 Å². The SMILES string of the molecule is CC1CCn2c(CN3C(=O)N(C4CC4)Cc4ccccc43)nc3cc(CNC(=O)OC(C)(C)C)cc1c32. The Bertz CT molecular complexity index is 1380. The number of hydrogen-bond acceptors (Lipinski definition) is 4. The number of alkyl carbamates (subject to hydrolysis) is 1. The lowest BCUT2D eigenvalue weighted by molar-refractivity contribution is 0.0523. The molecule has 3 aromatic rings. The van der Waals surface area contributed by atoms with Gasteiger partial charge in [-0.3, -0.25) is 4.90 Å². The van der Waals surface area contributed by atoms with Crippen molar-refractivity contribution in [2.24, 2.45) is 0 Å². The van der Waals surface area contributed by atoms with Gasteiger partial charge in [0.05, 0.1) is 23.3 Å². The summed E-state index contributed by atoms with van der Waals surface area (Å²) >= 11 is 0. The number of fused-ring (bicyclic) bond motifs is 1. The molecule has 1 aliphatic carbocycles. The Morgan fingerprint density at radius 3 is 2.70 bits per heavy atom. The third-order valence-electron chi connectivity index (χ3n) is 7.55. The molecule has 3 aliphatic rings. The van der Waals surface area contributed by atoms with Crippen molar-refractivity contribution < 1.29 is 14.3 Å². The number of amides is 3. The van der Waals surface area contributed by atoms with Gasteiger partial charge in [-0.05, 0) is 74.8 Å². The molecule has 8 nitrogen and oxygen atoms in total. The molecular weight excluding hydrogens is 466 g/mol. The van der Waals surface area contributed by atoms with Gasteiger partial charge in [-0.25, -0.2) is 14.6 Å². The van der Waals surface area contributed by atoms with E-state index in [4.69, 9.17) is 9.72 Å². The molecule has 1 unspecified atom stereocenters. The number of benzene rings is 2. The van der Waals surface area contributed by atoms with Crippen LogP contribution in [-0.2, 0) is 30.9 Å². The van der Waals surface area contributed by atoms with Crippen molar-refractivity contribution >= 4 is 28.8 Å². The molecule has 194 valence electrons. The van der Waals surface area contributed by atoms with Crippen molar-refractivity contribution in [2.75, 3.05) is 4.90 Å². The van der Waals surface area contributed by atoms with Gasteiger partial charge in [0, 0.05) is 25.7 Å². The lowest BCUT2D eigenvalue weighted by Crippen LogP contribution is -2.48. The van der Waals surface area contributed by atoms with Gasteiger partial charge >= 0.3 is 12.1 Å². The number of hydrogen-bond donors (Lipinski definition) is 1. The molecule has 1 fully saturated rings. The first-order chi connectivity index (χ1) is 17.7. The Hall–Kier alpha value is -3.55. The number of anilines is 1. The van der Waals surface area contributed by atoms with Gasteiger partial charge in [-0.15, -0.1) is 0 Å². The van der Waals surface area contributed by atoms with Crippen LogP contribution in [-0.4, -0.2) is 38.2 Å². The highest BCUT2D eigenvalue weighted by Gasteiger charge is 2.39. The number of rotatable bonds is 5. The maximum absolute atomic E-state index is 13.6. The zero-order chi connectivity index (χ0) is 25.9. The molecule has 2 aromatic carbocycles. The van der Waals surface area contributed by atoms with Gasteiger partial charge < -0.3 is 19.5 Å². The molecule has 37 heavy (non-hydrogen) atoms. The number of aromatic nitrogens is 2. The molecule has 8 heteroatoms. The number of para-hydroxylation sites is 1. The Morgan fingerprint density at radius 2 is 1.95 bits per heavy atom. The fraction of sp³-hybridized carbons (Fsp3) is 0.483. The number of imidazole rings is 1. The molecule has 0 radical (unpaired) electrons. The maximum Gasteiger partial charge on any atom is 0.407 e. The van der Waals surface area contributed by atoms with Gasteiger partial charge in [0.15, 0.2) is 0 Å². The molecule has 0 saturated heterocycles. The highest BCUT2D eigenvalue weighted by molar-refractivity contribution is 5.95. The topological polar surface area (TPSA) is 79.7 Å². The summed E-state index contributed by atoms with van der Waals surface area (Å²) in [5, 5.41) is 2.88. The third kappa shape index (κ3) is 4.54. The van der Waals surface area contributed by atoms with Gasteiger partial charge in [-0.1, -0.05) is 31.2 Å². The first kappa shape index (κ1) is 23.8. The molecule has 1 atom stereocenters. The van der Waals surface area contributed by atoms with E-state index in [-0.39, 0.29) is 6.03 Å². The van der Waals surface area contributed by atoms with Crippen LogP contribution in [0.15, 0.2) is 36.4 Å². The smallest absolute Gasteiger partial charge is 0.407 e. The number of aryl methyl sites for hydroxylation is 1. The number of carbonyl (C=O) groups is 2. The number of carbonyl (C=O) groups excluding carboxylic acids is 2. The third-order valence-corrected chi connectivity index (χ3v) is 7.55. The summed E-state index contributed by atoms with van der Waals surface area (Å²) in [6, 6.07) is 12.9. The van der Waals surface area contributed by atoms with Gasteiger partial charge in [0.2, 0.25) is 0 Å².